The molecule has 0 aromatic carbocycles. The molecular weight excluding hydrogens is 118 g/mol. The lowest BCUT2D eigenvalue weighted by atomic mass is 10.3. The predicted molar refractivity (Wildman–Crippen MR) is 31.4 cm³/mol. The zero-order chi connectivity index (χ0) is 6.27. The monoisotopic (exact) mass is 125 g/mol. The van der Waals surface area contributed by atoms with Crippen molar-refractivity contribution in [2.24, 2.45) is 0 Å². The second-order valence-corrected chi connectivity index (χ2v) is 2.29. The molecule has 9 heavy (non-hydrogen) atoms. The highest BCUT2D eigenvalue weighted by molar-refractivity contribution is 5.18. The van der Waals surface area contributed by atoms with Gasteiger partial charge in [-0.1, -0.05) is 0 Å². The van der Waals surface area contributed by atoms with Gasteiger partial charge < -0.3 is 4.52 Å². The van der Waals surface area contributed by atoms with Crippen LogP contribution in [0.4, 0.5) is 0 Å². The Morgan fingerprint density at radius 2 is 2.33 bits per heavy atom. The van der Waals surface area contributed by atoms with Crippen molar-refractivity contribution in [3.05, 3.63) is 21.7 Å². The summed E-state index contributed by atoms with van der Waals surface area (Å²) in [5.74, 6) is 0.861. The average molecular weight is 125 g/mol. The second kappa shape index (κ2) is 1.50. The minimum atomic E-state index is -0.0394. The Bertz CT molecular complexity index is 271. The Morgan fingerprint density at radius 1 is 1.44 bits per heavy atom. The van der Waals surface area contributed by atoms with Gasteiger partial charge in [-0.2, -0.15) is 5.16 Å². The maximum Gasteiger partial charge on any atom is 0.283 e. The van der Waals surface area contributed by atoms with Crippen LogP contribution in [-0.2, 0) is 12.8 Å². The van der Waals surface area contributed by atoms with Gasteiger partial charge in [-0.05, 0) is 12.8 Å². The van der Waals surface area contributed by atoms with E-state index in [1.807, 2.05) is 0 Å². The van der Waals surface area contributed by atoms with E-state index in [-0.39, 0.29) is 5.56 Å². The van der Waals surface area contributed by atoms with Crippen molar-refractivity contribution >= 4 is 0 Å². The van der Waals surface area contributed by atoms with Gasteiger partial charge in [-0.25, -0.2) is 0 Å². The average Bonchev–Trinajstić information content (AvgIpc) is 2.35. The third-order valence-electron chi connectivity index (χ3n) is 1.71. The lowest BCUT2D eigenvalue weighted by Crippen LogP contribution is -2.02. The molecule has 1 heterocycles. The fourth-order valence-corrected chi connectivity index (χ4v) is 1.24. The number of aromatic amines is 1. The summed E-state index contributed by atoms with van der Waals surface area (Å²) < 4.78 is 4.87. The summed E-state index contributed by atoms with van der Waals surface area (Å²) in [6.45, 7) is 0. The van der Waals surface area contributed by atoms with Gasteiger partial charge in [0.1, 0.15) is 5.76 Å². The number of rotatable bonds is 0. The second-order valence-electron chi connectivity index (χ2n) is 2.29. The summed E-state index contributed by atoms with van der Waals surface area (Å²) in [5, 5.41) is 2.31. The Hall–Kier alpha value is -0.990. The minimum absolute atomic E-state index is 0.0394. The molecule has 48 valence electrons. The van der Waals surface area contributed by atoms with Gasteiger partial charge in [0.2, 0.25) is 0 Å². The molecule has 0 spiro atoms. The van der Waals surface area contributed by atoms with Gasteiger partial charge in [-0.3, -0.25) is 4.79 Å². The Balaban J connectivity index is 2.70. The van der Waals surface area contributed by atoms with Crippen LogP contribution < -0.4 is 5.56 Å². The van der Waals surface area contributed by atoms with Crippen molar-refractivity contribution in [1.29, 1.82) is 0 Å². The summed E-state index contributed by atoms with van der Waals surface area (Å²) in [7, 11) is 0. The standard InChI is InChI=1S/C6H7NO2/c8-6-4-2-1-3-5(4)9-7-6/h1-3H2,(H,7,8). The maximum absolute atomic E-state index is 10.8. The van der Waals surface area contributed by atoms with E-state index in [0.29, 0.717) is 0 Å². The van der Waals surface area contributed by atoms with Gasteiger partial charge in [0.25, 0.3) is 5.56 Å². The van der Waals surface area contributed by atoms with E-state index in [1.54, 1.807) is 0 Å². The quantitative estimate of drug-likeness (QED) is 0.547. The smallest absolute Gasteiger partial charge is 0.283 e. The molecular formula is C6H7NO2. The fraction of sp³-hybridized carbons (Fsp3) is 0.500. The highest BCUT2D eigenvalue weighted by Crippen LogP contribution is 2.16. The highest BCUT2D eigenvalue weighted by atomic mass is 16.5. The molecule has 1 aromatic rings. The van der Waals surface area contributed by atoms with Crippen molar-refractivity contribution < 1.29 is 4.52 Å². The lowest BCUT2D eigenvalue weighted by Gasteiger charge is -1.77. The number of aromatic nitrogens is 1. The lowest BCUT2D eigenvalue weighted by molar-refractivity contribution is 0.381. The Kier molecular flexibility index (Phi) is 0.806. The zero-order valence-electron chi connectivity index (χ0n) is 4.94. The molecule has 0 atom stereocenters. The molecule has 0 amide bonds. The molecule has 1 aliphatic carbocycles. The molecule has 1 aromatic heterocycles. The Labute approximate surface area is 51.6 Å². The molecule has 0 bridgehead atoms. The largest absolute Gasteiger partial charge is 0.383 e. The normalized spacial score (nSPS) is 16.0. The molecule has 0 saturated heterocycles. The number of fused-ring (bicyclic) bond motifs is 1. The molecule has 1 N–H and O–H groups in total. The molecule has 0 fully saturated rings. The fourth-order valence-electron chi connectivity index (χ4n) is 1.24. The first kappa shape index (κ1) is 4.85. The molecule has 0 unspecified atom stereocenters. The van der Waals surface area contributed by atoms with Gasteiger partial charge in [0.15, 0.2) is 0 Å². The summed E-state index contributed by atoms with van der Waals surface area (Å²) in [5.41, 5.74) is 0.817. The first-order valence-corrected chi connectivity index (χ1v) is 3.07. The van der Waals surface area contributed by atoms with Crippen LogP contribution in [-0.4, -0.2) is 5.16 Å². The topological polar surface area (TPSA) is 46.0 Å². The van der Waals surface area contributed by atoms with Crippen molar-refractivity contribution in [1.82, 2.24) is 5.16 Å². The maximum atomic E-state index is 10.8. The van der Waals surface area contributed by atoms with Gasteiger partial charge in [0, 0.05) is 6.42 Å². The molecule has 2 rings (SSSR count). The number of H-pyrrole nitrogens is 1. The third-order valence-corrected chi connectivity index (χ3v) is 1.71. The van der Waals surface area contributed by atoms with Crippen molar-refractivity contribution in [2.75, 3.05) is 0 Å². The number of hydrogen-bond donors (Lipinski definition) is 1. The van der Waals surface area contributed by atoms with E-state index in [1.165, 1.54) is 0 Å². The van der Waals surface area contributed by atoms with E-state index in [9.17, 15) is 4.79 Å². The third kappa shape index (κ3) is 0.542. The molecule has 3 nitrogen and oxygen atoms in total. The van der Waals surface area contributed by atoms with Crippen LogP contribution in [0, 0.1) is 0 Å². The van der Waals surface area contributed by atoms with E-state index in [2.05, 4.69) is 5.16 Å². The predicted octanol–water partition coefficient (Wildman–Crippen LogP) is 0.457. The van der Waals surface area contributed by atoms with E-state index in [4.69, 9.17) is 4.52 Å². The SMILES string of the molecule is O=c1[nH]oc2c1CCC2. The van der Waals surface area contributed by atoms with Gasteiger partial charge in [0.05, 0.1) is 5.56 Å². The van der Waals surface area contributed by atoms with Crippen LogP contribution in [0.2, 0.25) is 0 Å². The first-order valence-electron chi connectivity index (χ1n) is 3.07. The molecule has 3 heteroatoms. The van der Waals surface area contributed by atoms with E-state index in [0.717, 1.165) is 30.6 Å². The highest BCUT2D eigenvalue weighted by Gasteiger charge is 2.17. The van der Waals surface area contributed by atoms with Crippen molar-refractivity contribution in [2.45, 2.75) is 19.3 Å². The van der Waals surface area contributed by atoms with Crippen LogP contribution in [0.1, 0.15) is 17.7 Å². The van der Waals surface area contributed by atoms with Gasteiger partial charge in [-0.15, -0.1) is 0 Å². The van der Waals surface area contributed by atoms with E-state index >= 15 is 0 Å². The van der Waals surface area contributed by atoms with Crippen LogP contribution >= 0.6 is 0 Å². The molecule has 1 aliphatic rings. The molecule has 0 saturated carbocycles. The van der Waals surface area contributed by atoms with Crippen molar-refractivity contribution in [3.8, 4) is 0 Å². The van der Waals surface area contributed by atoms with Gasteiger partial charge >= 0.3 is 0 Å². The zero-order valence-corrected chi connectivity index (χ0v) is 4.94. The molecule has 0 radical (unpaired) electrons. The van der Waals surface area contributed by atoms with Crippen molar-refractivity contribution in [3.63, 3.8) is 0 Å². The van der Waals surface area contributed by atoms with E-state index < -0.39 is 0 Å². The number of aryl methyl sites for hydroxylation is 1. The number of hydrogen-bond acceptors (Lipinski definition) is 2. The summed E-state index contributed by atoms with van der Waals surface area (Å²) in [4.78, 5) is 10.8. The molecule has 0 aliphatic heterocycles. The van der Waals surface area contributed by atoms with Crippen LogP contribution in [0.5, 0.6) is 0 Å². The number of nitrogens with one attached hydrogen (secondary N) is 1. The minimum Gasteiger partial charge on any atom is -0.383 e. The summed E-state index contributed by atoms with van der Waals surface area (Å²) in [6, 6.07) is 0. The summed E-state index contributed by atoms with van der Waals surface area (Å²) in [6.07, 6.45) is 2.88. The Morgan fingerprint density at radius 3 is 3.11 bits per heavy atom. The van der Waals surface area contributed by atoms with Crippen LogP contribution in [0.15, 0.2) is 9.32 Å². The first-order chi connectivity index (χ1) is 4.38. The van der Waals surface area contributed by atoms with Crippen LogP contribution in [0.25, 0.3) is 0 Å². The van der Waals surface area contributed by atoms with Crippen LogP contribution in [0.3, 0.4) is 0 Å². The summed E-state index contributed by atoms with van der Waals surface area (Å²) >= 11 is 0.